The number of nitro benzene ring substituents is 1. The van der Waals surface area contributed by atoms with Crippen LogP contribution in [0.15, 0.2) is 36.5 Å². The minimum atomic E-state index is -0.422. The minimum Gasteiger partial charge on any atom is -0.481 e. The van der Waals surface area contributed by atoms with Crippen LogP contribution in [0.4, 0.5) is 5.69 Å². The number of nitro groups is 1. The highest BCUT2D eigenvalue weighted by Crippen LogP contribution is 2.21. The number of carbonyl (C=O) groups is 1. The molecule has 0 aliphatic rings. The van der Waals surface area contributed by atoms with Crippen LogP contribution >= 0.6 is 0 Å². The molecule has 2 aromatic rings. The van der Waals surface area contributed by atoms with Gasteiger partial charge in [0, 0.05) is 29.9 Å². The van der Waals surface area contributed by atoms with Crippen molar-refractivity contribution in [3.63, 3.8) is 0 Å². The Kier molecular flexibility index (Phi) is 5.24. The molecule has 0 saturated carbocycles. The molecule has 23 heavy (non-hydrogen) atoms. The summed E-state index contributed by atoms with van der Waals surface area (Å²) in [5, 5.41) is 11.0. The van der Waals surface area contributed by atoms with Gasteiger partial charge in [-0.05, 0) is 18.6 Å². The second kappa shape index (κ2) is 7.35. The third-order valence-electron chi connectivity index (χ3n) is 3.42. The van der Waals surface area contributed by atoms with Gasteiger partial charge in [0.25, 0.3) is 5.69 Å². The third kappa shape index (κ3) is 4.03. The zero-order valence-corrected chi connectivity index (χ0v) is 12.9. The Morgan fingerprint density at radius 2 is 2.13 bits per heavy atom. The molecular formula is C16H17N3O4. The summed E-state index contributed by atoms with van der Waals surface area (Å²) in [7, 11) is 1.51. The molecule has 0 saturated heterocycles. The Balaban J connectivity index is 2.18. The van der Waals surface area contributed by atoms with Crippen LogP contribution in [0.25, 0.3) is 0 Å². The largest absolute Gasteiger partial charge is 0.481 e. The average Bonchev–Trinajstić information content (AvgIpc) is 2.56. The quantitative estimate of drug-likeness (QED) is 0.445. The van der Waals surface area contributed by atoms with Gasteiger partial charge in [0.2, 0.25) is 12.3 Å². The fraction of sp³-hybridized carbons (Fsp3) is 0.250. The number of aryl methyl sites for hydroxylation is 1. The van der Waals surface area contributed by atoms with Crippen LogP contribution in [-0.2, 0) is 17.9 Å². The van der Waals surface area contributed by atoms with Gasteiger partial charge in [-0.2, -0.15) is 0 Å². The molecule has 1 amide bonds. The zero-order chi connectivity index (χ0) is 16.8. The topological polar surface area (TPSA) is 85.6 Å². The predicted molar refractivity (Wildman–Crippen MR) is 83.9 cm³/mol. The van der Waals surface area contributed by atoms with E-state index in [0.717, 1.165) is 5.56 Å². The summed E-state index contributed by atoms with van der Waals surface area (Å²) in [6.45, 7) is 2.25. The molecular weight excluding hydrogens is 298 g/mol. The van der Waals surface area contributed by atoms with E-state index in [2.05, 4.69) is 4.98 Å². The molecule has 1 aromatic heterocycles. The van der Waals surface area contributed by atoms with Gasteiger partial charge in [-0.1, -0.05) is 18.2 Å². The zero-order valence-electron chi connectivity index (χ0n) is 12.9. The maximum atomic E-state index is 11.3. The van der Waals surface area contributed by atoms with Crippen molar-refractivity contribution >= 4 is 12.1 Å². The Morgan fingerprint density at radius 1 is 1.35 bits per heavy atom. The summed E-state index contributed by atoms with van der Waals surface area (Å²) in [6, 6.07) is 8.53. The third-order valence-corrected chi connectivity index (χ3v) is 3.42. The number of benzene rings is 1. The lowest BCUT2D eigenvalue weighted by molar-refractivity contribution is -0.385. The van der Waals surface area contributed by atoms with Crippen molar-refractivity contribution in [3.05, 3.63) is 63.3 Å². The van der Waals surface area contributed by atoms with Crippen LogP contribution in [0.3, 0.4) is 0 Å². The fourth-order valence-corrected chi connectivity index (χ4v) is 2.26. The van der Waals surface area contributed by atoms with Crippen LogP contribution < -0.4 is 4.74 Å². The van der Waals surface area contributed by atoms with Crippen LogP contribution in [0, 0.1) is 17.0 Å². The highest BCUT2D eigenvalue weighted by molar-refractivity contribution is 5.49. The normalized spacial score (nSPS) is 10.2. The highest BCUT2D eigenvalue weighted by atomic mass is 16.6. The lowest BCUT2D eigenvalue weighted by atomic mass is 10.1. The maximum absolute atomic E-state index is 11.3. The van der Waals surface area contributed by atoms with Gasteiger partial charge < -0.3 is 9.64 Å². The monoisotopic (exact) mass is 315 g/mol. The first kappa shape index (κ1) is 16.4. The minimum absolute atomic E-state index is 0.0484. The SMILES string of the molecule is COc1ncccc1CN(C=O)Cc1ccc(C)c([N+](=O)[O-])c1. The molecule has 0 N–H and O–H groups in total. The molecule has 2 rings (SSSR count). The number of rotatable bonds is 7. The van der Waals surface area contributed by atoms with Crippen LogP contribution in [0.5, 0.6) is 5.88 Å². The average molecular weight is 315 g/mol. The summed E-state index contributed by atoms with van der Waals surface area (Å²) in [5.74, 6) is 0.453. The molecule has 0 atom stereocenters. The van der Waals surface area contributed by atoms with Crippen LogP contribution in [-0.4, -0.2) is 28.3 Å². The van der Waals surface area contributed by atoms with Crippen molar-refractivity contribution in [3.8, 4) is 5.88 Å². The summed E-state index contributed by atoms with van der Waals surface area (Å²) >= 11 is 0. The second-order valence-electron chi connectivity index (χ2n) is 5.06. The van der Waals surface area contributed by atoms with Gasteiger partial charge in [-0.3, -0.25) is 14.9 Å². The van der Waals surface area contributed by atoms with Crippen molar-refractivity contribution < 1.29 is 14.5 Å². The van der Waals surface area contributed by atoms with E-state index in [1.807, 2.05) is 6.07 Å². The van der Waals surface area contributed by atoms with E-state index in [0.29, 0.717) is 30.0 Å². The van der Waals surface area contributed by atoms with E-state index in [9.17, 15) is 14.9 Å². The smallest absolute Gasteiger partial charge is 0.272 e. The molecule has 0 fully saturated rings. The van der Waals surface area contributed by atoms with E-state index in [1.165, 1.54) is 18.1 Å². The molecule has 0 radical (unpaired) electrons. The number of pyridine rings is 1. The standard InChI is InChI=1S/C16H17N3O4/c1-12-5-6-13(8-15(12)19(21)22)9-18(11-20)10-14-4-3-7-17-16(14)23-2/h3-8,11H,9-10H2,1-2H3. The van der Waals surface area contributed by atoms with Crippen molar-refractivity contribution in [2.45, 2.75) is 20.0 Å². The second-order valence-corrected chi connectivity index (χ2v) is 5.06. The number of hydrogen-bond acceptors (Lipinski definition) is 5. The molecule has 0 aliphatic carbocycles. The molecule has 120 valence electrons. The number of methoxy groups -OCH3 is 1. The summed E-state index contributed by atoms with van der Waals surface area (Å²) in [6.07, 6.45) is 2.31. The van der Waals surface area contributed by atoms with Gasteiger partial charge in [-0.25, -0.2) is 4.98 Å². The van der Waals surface area contributed by atoms with E-state index >= 15 is 0 Å². The number of ether oxygens (including phenoxy) is 1. The maximum Gasteiger partial charge on any atom is 0.272 e. The Morgan fingerprint density at radius 3 is 2.78 bits per heavy atom. The first-order valence-corrected chi connectivity index (χ1v) is 6.96. The predicted octanol–water partition coefficient (Wildman–Crippen LogP) is 2.47. The van der Waals surface area contributed by atoms with Crippen LogP contribution in [0.1, 0.15) is 16.7 Å². The molecule has 1 heterocycles. The molecule has 0 bridgehead atoms. The molecule has 0 aliphatic heterocycles. The van der Waals surface area contributed by atoms with Gasteiger partial charge >= 0.3 is 0 Å². The first-order chi connectivity index (χ1) is 11.0. The summed E-state index contributed by atoms with van der Waals surface area (Å²) in [5.41, 5.74) is 2.10. The number of amides is 1. The molecule has 1 aromatic carbocycles. The molecule has 0 unspecified atom stereocenters. The van der Waals surface area contributed by atoms with Crippen molar-refractivity contribution in [1.29, 1.82) is 0 Å². The van der Waals surface area contributed by atoms with Crippen molar-refractivity contribution in [2.75, 3.05) is 7.11 Å². The Bertz CT molecular complexity index is 718. The van der Waals surface area contributed by atoms with Crippen LogP contribution in [0.2, 0.25) is 0 Å². The number of hydrogen-bond donors (Lipinski definition) is 0. The van der Waals surface area contributed by atoms with E-state index in [4.69, 9.17) is 4.74 Å². The fourth-order valence-electron chi connectivity index (χ4n) is 2.26. The Hall–Kier alpha value is -2.96. The van der Waals surface area contributed by atoms with Gasteiger partial charge in [0.15, 0.2) is 0 Å². The number of carbonyl (C=O) groups excluding carboxylic acids is 1. The Labute approximate surface area is 133 Å². The summed E-state index contributed by atoms with van der Waals surface area (Å²) in [4.78, 5) is 27.5. The molecule has 7 nitrogen and oxygen atoms in total. The van der Waals surface area contributed by atoms with E-state index in [-0.39, 0.29) is 12.2 Å². The lowest BCUT2D eigenvalue weighted by Crippen LogP contribution is -2.21. The van der Waals surface area contributed by atoms with Gasteiger partial charge in [0.1, 0.15) is 0 Å². The van der Waals surface area contributed by atoms with Crippen molar-refractivity contribution in [2.24, 2.45) is 0 Å². The summed E-state index contributed by atoms with van der Waals surface area (Å²) < 4.78 is 5.16. The van der Waals surface area contributed by atoms with E-state index < -0.39 is 4.92 Å². The molecule has 0 spiro atoms. The lowest BCUT2D eigenvalue weighted by Gasteiger charge is -2.18. The van der Waals surface area contributed by atoms with Crippen molar-refractivity contribution in [1.82, 2.24) is 9.88 Å². The highest BCUT2D eigenvalue weighted by Gasteiger charge is 2.14. The van der Waals surface area contributed by atoms with Gasteiger partial charge in [0.05, 0.1) is 18.6 Å². The van der Waals surface area contributed by atoms with E-state index in [1.54, 1.807) is 31.3 Å². The van der Waals surface area contributed by atoms with Gasteiger partial charge in [-0.15, -0.1) is 0 Å². The number of nitrogens with zero attached hydrogens (tertiary/aromatic N) is 3. The number of aromatic nitrogens is 1. The first-order valence-electron chi connectivity index (χ1n) is 6.96. The molecule has 7 heteroatoms.